The van der Waals surface area contributed by atoms with Crippen molar-refractivity contribution in [2.75, 3.05) is 0 Å². The summed E-state index contributed by atoms with van der Waals surface area (Å²) in [4.78, 5) is 10.6. The smallest absolute Gasteiger partial charge is 0.416 e. The minimum atomic E-state index is -4.49. The molecule has 0 saturated heterocycles. The van der Waals surface area contributed by atoms with E-state index >= 15 is 0 Å². The Morgan fingerprint density at radius 2 is 1.74 bits per heavy atom. The van der Waals surface area contributed by atoms with Crippen LogP contribution in [0.15, 0.2) is 24.3 Å². The van der Waals surface area contributed by atoms with Crippen LogP contribution in [0, 0.1) is 0 Å². The normalized spacial score (nSPS) is 14.1. The molecule has 0 aromatic heterocycles. The van der Waals surface area contributed by atoms with Gasteiger partial charge in [0.2, 0.25) is 0 Å². The first-order valence-corrected chi connectivity index (χ1v) is 6.86. The monoisotopic (exact) mass is 296 g/mol. The number of carbonyl (C=O) groups is 1. The van der Waals surface area contributed by atoms with Crippen LogP contribution >= 0.6 is 0 Å². The highest BCUT2D eigenvalue weighted by atomic mass is 32.2. The number of benzene rings is 1. The number of hydrogen-bond donors (Lipinski definition) is 1. The SMILES string of the molecule is CC(C(=O)O)S(=O)(=O)Cc1ccc(C(F)(F)F)cc1. The molecule has 1 atom stereocenters. The standard InChI is InChI=1S/C11H11F3O4S/c1-7(10(15)16)19(17,18)6-8-2-4-9(5-3-8)11(12,13)14/h2-5,7H,6H2,1H3,(H,15,16). The van der Waals surface area contributed by atoms with Crippen molar-refractivity contribution < 1.29 is 31.5 Å². The second kappa shape index (κ2) is 5.20. The Balaban J connectivity index is 2.93. The molecule has 0 fully saturated rings. The van der Waals surface area contributed by atoms with Gasteiger partial charge in [0.15, 0.2) is 15.1 Å². The van der Waals surface area contributed by atoms with Gasteiger partial charge in [0.1, 0.15) is 0 Å². The highest BCUT2D eigenvalue weighted by molar-refractivity contribution is 7.91. The van der Waals surface area contributed by atoms with E-state index in [1.54, 1.807) is 0 Å². The predicted molar refractivity (Wildman–Crippen MR) is 61.2 cm³/mol. The van der Waals surface area contributed by atoms with Crippen molar-refractivity contribution in [2.45, 2.75) is 24.1 Å². The van der Waals surface area contributed by atoms with Gasteiger partial charge in [0.25, 0.3) is 0 Å². The van der Waals surface area contributed by atoms with Crippen molar-refractivity contribution in [1.29, 1.82) is 0 Å². The first-order valence-electron chi connectivity index (χ1n) is 5.14. The first-order chi connectivity index (χ1) is 8.54. The molecule has 0 saturated carbocycles. The molecule has 106 valence electrons. The summed E-state index contributed by atoms with van der Waals surface area (Å²) in [6.07, 6.45) is -4.49. The molecular formula is C11H11F3O4S. The fourth-order valence-corrected chi connectivity index (χ4v) is 2.52. The lowest BCUT2D eigenvalue weighted by Gasteiger charge is -2.10. The molecule has 0 bridgehead atoms. The lowest BCUT2D eigenvalue weighted by atomic mass is 10.1. The summed E-state index contributed by atoms with van der Waals surface area (Å²) in [6.45, 7) is 1.02. The van der Waals surface area contributed by atoms with Crippen LogP contribution in [0.5, 0.6) is 0 Å². The van der Waals surface area contributed by atoms with Gasteiger partial charge >= 0.3 is 12.1 Å². The quantitative estimate of drug-likeness (QED) is 0.923. The van der Waals surface area contributed by atoms with Crippen LogP contribution in [0.25, 0.3) is 0 Å². The molecule has 0 aliphatic rings. The summed E-state index contributed by atoms with van der Waals surface area (Å²) in [5, 5.41) is 7.02. The molecule has 0 heterocycles. The van der Waals surface area contributed by atoms with E-state index in [1.165, 1.54) is 0 Å². The third-order valence-electron chi connectivity index (χ3n) is 2.54. The first kappa shape index (κ1) is 15.5. The van der Waals surface area contributed by atoms with E-state index in [0.29, 0.717) is 0 Å². The fraction of sp³-hybridized carbons (Fsp3) is 0.364. The fourth-order valence-electron chi connectivity index (χ4n) is 1.30. The number of alkyl halides is 3. The molecule has 1 aromatic carbocycles. The Hall–Kier alpha value is -1.57. The van der Waals surface area contributed by atoms with E-state index in [1.807, 2.05) is 0 Å². The molecule has 19 heavy (non-hydrogen) atoms. The minimum absolute atomic E-state index is 0.112. The van der Waals surface area contributed by atoms with Crippen LogP contribution < -0.4 is 0 Å². The zero-order chi connectivity index (χ0) is 14.8. The third kappa shape index (κ3) is 3.95. The molecule has 8 heteroatoms. The lowest BCUT2D eigenvalue weighted by Crippen LogP contribution is -2.28. The van der Waals surface area contributed by atoms with E-state index in [0.717, 1.165) is 31.2 Å². The molecule has 0 aliphatic carbocycles. The van der Waals surface area contributed by atoms with Gasteiger partial charge in [-0.1, -0.05) is 12.1 Å². The number of aliphatic carboxylic acids is 1. The largest absolute Gasteiger partial charge is 0.480 e. The van der Waals surface area contributed by atoms with Crippen LogP contribution in [-0.4, -0.2) is 24.7 Å². The van der Waals surface area contributed by atoms with E-state index in [2.05, 4.69) is 0 Å². The average molecular weight is 296 g/mol. The van der Waals surface area contributed by atoms with E-state index < -0.39 is 38.5 Å². The van der Waals surface area contributed by atoms with Crippen molar-refractivity contribution in [3.8, 4) is 0 Å². The van der Waals surface area contributed by atoms with Crippen molar-refractivity contribution in [3.63, 3.8) is 0 Å². The van der Waals surface area contributed by atoms with Gasteiger partial charge in [-0.15, -0.1) is 0 Å². The minimum Gasteiger partial charge on any atom is -0.480 e. The van der Waals surface area contributed by atoms with Crippen LogP contribution in [0.1, 0.15) is 18.1 Å². The van der Waals surface area contributed by atoms with Crippen LogP contribution in [-0.2, 0) is 26.6 Å². The maximum absolute atomic E-state index is 12.3. The zero-order valence-corrected chi connectivity index (χ0v) is 10.6. The highest BCUT2D eigenvalue weighted by Gasteiger charge is 2.31. The summed E-state index contributed by atoms with van der Waals surface area (Å²) in [5.41, 5.74) is -0.777. The molecular weight excluding hydrogens is 285 g/mol. The van der Waals surface area contributed by atoms with Gasteiger partial charge in [-0.25, -0.2) is 8.42 Å². The molecule has 1 aromatic rings. The Labute approximate surface area is 107 Å². The second-order valence-corrected chi connectivity index (χ2v) is 6.30. The van der Waals surface area contributed by atoms with Gasteiger partial charge in [0, 0.05) is 0 Å². The third-order valence-corrected chi connectivity index (χ3v) is 4.55. The van der Waals surface area contributed by atoms with Gasteiger partial charge < -0.3 is 5.11 Å². The maximum atomic E-state index is 12.3. The molecule has 1 unspecified atom stereocenters. The van der Waals surface area contributed by atoms with Crippen molar-refractivity contribution in [1.82, 2.24) is 0 Å². The summed E-state index contributed by atoms with van der Waals surface area (Å²) >= 11 is 0. The Morgan fingerprint density at radius 1 is 1.26 bits per heavy atom. The lowest BCUT2D eigenvalue weighted by molar-refractivity contribution is -0.138. The molecule has 0 spiro atoms. The average Bonchev–Trinajstić information content (AvgIpc) is 2.26. The van der Waals surface area contributed by atoms with Gasteiger partial charge in [-0.3, -0.25) is 4.79 Å². The second-order valence-electron chi connectivity index (χ2n) is 3.98. The Bertz CT molecular complexity index is 561. The molecule has 0 aliphatic heterocycles. The number of carboxylic acid groups (broad SMARTS) is 1. The molecule has 0 radical (unpaired) electrons. The van der Waals surface area contributed by atoms with Crippen LogP contribution in [0.2, 0.25) is 0 Å². The number of halogens is 3. The summed E-state index contributed by atoms with van der Waals surface area (Å²) in [5.74, 6) is -2.11. The molecule has 4 nitrogen and oxygen atoms in total. The predicted octanol–water partition coefficient (Wildman–Crippen LogP) is 2.09. The number of carboxylic acids is 1. The van der Waals surface area contributed by atoms with E-state index in [9.17, 15) is 26.4 Å². The van der Waals surface area contributed by atoms with Gasteiger partial charge in [0.05, 0.1) is 11.3 Å². The van der Waals surface area contributed by atoms with Gasteiger partial charge in [-0.2, -0.15) is 13.2 Å². The van der Waals surface area contributed by atoms with E-state index in [-0.39, 0.29) is 5.56 Å². The summed E-state index contributed by atoms with van der Waals surface area (Å²) in [7, 11) is -3.94. The Morgan fingerprint density at radius 3 is 2.11 bits per heavy atom. The number of rotatable bonds is 4. The van der Waals surface area contributed by atoms with Crippen molar-refractivity contribution in [3.05, 3.63) is 35.4 Å². The zero-order valence-electron chi connectivity index (χ0n) is 9.81. The highest BCUT2D eigenvalue weighted by Crippen LogP contribution is 2.29. The van der Waals surface area contributed by atoms with Crippen molar-refractivity contribution in [2.24, 2.45) is 0 Å². The number of hydrogen-bond acceptors (Lipinski definition) is 3. The van der Waals surface area contributed by atoms with E-state index in [4.69, 9.17) is 5.11 Å². The summed E-state index contributed by atoms with van der Waals surface area (Å²) in [6, 6.07) is 3.57. The topological polar surface area (TPSA) is 71.4 Å². The number of sulfone groups is 1. The van der Waals surface area contributed by atoms with Crippen LogP contribution in [0.4, 0.5) is 13.2 Å². The molecule has 1 N–H and O–H groups in total. The van der Waals surface area contributed by atoms with Crippen molar-refractivity contribution >= 4 is 15.8 Å². The summed E-state index contributed by atoms with van der Waals surface area (Å²) < 4.78 is 60.1. The van der Waals surface area contributed by atoms with Gasteiger partial charge in [-0.05, 0) is 24.6 Å². The Kier molecular flexibility index (Phi) is 4.24. The maximum Gasteiger partial charge on any atom is 0.416 e. The van der Waals surface area contributed by atoms with Crippen LogP contribution in [0.3, 0.4) is 0 Å². The molecule has 1 rings (SSSR count). The molecule has 0 amide bonds.